The van der Waals surface area contributed by atoms with Crippen molar-refractivity contribution in [2.24, 2.45) is 0 Å². The molecule has 0 aliphatic carbocycles. The first kappa shape index (κ1) is 19.9. The zero-order chi connectivity index (χ0) is 21.7. The maximum atomic E-state index is 13.7. The molecule has 0 spiro atoms. The summed E-state index contributed by atoms with van der Waals surface area (Å²) in [7, 11) is 0. The van der Waals surface area contributed by atoms with Gasteiger partial charge in [0.1, 0.15) is 5.82 Å². The van der Waals surface area contributed by atoms with Crippen molar-refractivity contribution in [3.05, 3.63) is 92.1 Å². The van der Waals surface area contributed by atoms with Gasteiger partial charge in [0.05, 0.1) is 18.3 Å². The summed E-state index contributed by atoms with van der Waals surface area (Å²) >= 11 is 3.64. The fraction of sp³-hybridized carbons (Fsp3) is 0.261. The summed E-state index contributed by atoms with van der Waals surface area (Å²) < 4.78 is 16.1. The van der Waals surface area contributed by atoms with E-state index in [0.717, 1.165) is 34.6 Å². The first-order valence-electron chi connectivity index (χ1n) is 10.1. The minimum atomic E-state index is -0.685. The zero-order valence-corrected chi connectivity index (χ0v) is 18.0. The van der Waals surface area contributed by atoms with E-state index in [0.29, 0.717) is 6.54 Å². The second kappa shape index (κ2) is 7.60. The van der Waals surface area contributed by atoms with Crippen molar-refractivity contribution in [1.29, 1.82) is 0 Å². The molecule has 5 rings (SSSR count). The Kier molecular flexibility index (Phi) is 4.89. The highest BCUT2D eigenvalue weighted by molar-refractivity contribution is 9.10. The normalized spacial score (nSPS) is 21.0. The Balaban J connectivity index is 1.79. The van der Waals surface area contributed by atoms with E-state index >= 15 is 0 Å². The number of hydrogen-bond acceptors (Lipinski definition) is 4. The van der Waals surface area contributed by atoms with Crippen LogP contribution in [0, 0.1) is 5.82 Å². The molecule has 8 heteroatoms. The van der Waals surface area contributed by atoms with Crippen LogP contribution in [0.15, 0.2) is 64.0 Å². The molecule has 0 unspecified atom stereocenters. The van der Waals surface area contributed by atoms with Gasteiger partial charge in [0.25, 0.3) is 5.91 Å². The van der Waals surface area contributed by atoms with Crippen molar-refractivity contribution in [2.75, 3.05) is 6.54 Å². The molecule has 6 nitrogen and oxygen atoms in total. The predicted octanol–water partition coefficient (Wildman–Crippen LogP) is 3.84. The predicted molar refractivity (Wildman–Crippen MR) is 116 cm³/mol. The molecule has 0 bridgehead atoms. The van der Waals surface area contributed by atoms with Crippen LogP contribution in [-0.2, 0) is 0 Å². The van der Waals surface area contributed by atoms with Crippen molar-refractivity contribution in [3.63, 3.8) is 0 Å². The molecule has 3 heterocycles. The van der Waals surface area contributed by atoms with Crippen molar-refractivity contribution in [1.82, 2.24) is 14.7 Å². The molecule has 158 valence electrons. The fourth-order valence-corrected chi connectivity index (χ4v) is 5.44. The average molecular weight is 484 g/mol. The lowest BCUT2D eigenvalue weighted by Crippen LogP contribution is -2.50. The minimum Gasteiger partial charge on any atom is -0.502 e. The van der Waals surface area contributed by atoms with E-state index in [-0.39, 0.29) is 35.4 Å². The quantitative estimate of drug-likeness (QED) is 0.613. The van der Waals surface area contributed by atoms with Gasteiger partial charge in [-0.2, -0.15) is 5.10 Å². The summed E-state index contributed by atoms with van der Waals surface area (Å²) in [6, 6.07) is 13.5. The lowest BCUT2D eigenvalue weighted by Gasteiger charge is -2.42. The van der Waals surface area contributed by atoms with Crippen LogP contribution in [0.3, 0.4) is 0 Å². The Hall–Kier alpha value is -3.00. The van der Waals surface area contributed by atoms with Gasteiger partial charge < -0.3 is 10.0 Å². The molecule has 3 atom stereocenters. The Labute approximate surface area is 186 Å². The molecule has 0 saturated carbocycles. The first-order valence-corrected chi connectivity index (χ1v) is 10.9. The van der Waals surface area contributed by atoms with Crippen molar-refractivity contribution < 1.29 is 14.3 Å². The molecule has 1 fully saturated rings. The van der Waals surface area contributed by atoms with Crippen LogP contribution in [0.5, 0.6) is 5.75 Å². The lowest BCUT2D eigenvalue weighted by atomic mass is 9.80. The summed E-state index contributed by atoms with van der Waals surface area (Å²) in [5, 5.41) is 14.8. The van der Waals surface area contributed by atoms with E-state index in [1.165, 1.54) is 16.8 Å². The molecule has 0 radical (unpaired) electrons. The number of aromatic nitrogens is 2. The number of nitrogens with zero attached hydrogens (tertiary/aromatic N) is 3. The van der Waals surface area contributed by atoms with Crippen LogP contribution in [0.1, 0.15) is 46.4 Å². The summed E-state index contributed by atoms with van der Waals surface area (Å²) in [5.41, 5.74) is 1.03. The number of hydrogen-bond donors (Lipinski definition) is 1. The number of benzene rings is 2. The number of fused-ring (bicyclic) bond motifs is 2. The van der Waals surface area contributed by atoms with Crippen LogP contribution >= 0.6 is 15.9 Å². The Morgan fingerprint density at radius 3 is 2.61 bits per heavy atom. The van der Waals surface area contributed by atoms with Gasteiger partial charge in [-0.15, -0.1) is 0 Å². The summed E-state index contributed by atoms with van der Waals surface area (Å²) in [4.78, 5) is 27.0. The molecule has 1 N–H and O–H groups in total. The summed E-state index contributed by atoms with van der Waals surface area (Å²) in [6.07, 6.45) is 2.64. The molecule has 1 aromatic heterocycles. The number of carbonyl (C=O) groups is 1. The van der Waals surface area contributed by atoms with Gasteiger partial charge in [-0.05, 0) is 42.2 Å². The SMILES string of the molecule is O=C1c2c(O)c(=O)cnn2[C@@H]([C@H](c2ccc(F)cc2)c2ccccc2Br)[C@H]2CCCN12. The Bertz CT molecular complexity index is 1230. The number of halogens is 2. The van der Waals surface area contributed by atoms with E-state index in [1.807, 2.05) is 24.3 Å². The van der Waals surface area contributed by atoms with E-state index in [9.17, 15) is 19.1 Å². The van der Waals surface area contributed by atoms with Crippen LogP contribution in [-0.4, -0.2) is 38.3 Å². The number of amides is 1. The second-order valence-electron chi connectivity index (χ2n) is 7.90. The molecule has 1 saturated heterocycles. The molecular formula is C23H19BrFN3O3. The number of rotatable bonds is 3. The molecule has 31 heavy (non-hydrogen) atoms. The van der Waals surface area contributed by atoms with Gasteiger partial charge in [0.2, 0.25) is 5.43 Å². The minimum absolute atomic E-state index is 0.0881. The molecular weight excluding hydrogens is 465 g/mol. The Morgan fingerprint density at radius 2 is 1.87 bits per heavy atom. The maximum absolute atomic E-state index is 13.7. The lowest BCUT2D eigenvalue weighted by molar-refractivity contribution is 0.0565. The van der Waals surface area contributed by atoms with Gasteiger partial charge in [-0.25, -0.2) is 4.39 Å². The van der Waals surface area contributed by atoms with Gasteiger partial charge in [-0.1, -0.05) is 46.3 Å². The second-order valence-corrected chi connectivity index (χ2v) is 8.75. The topological polar surface area (TPSA) is 75.4 Å². The van der Waals surface area contributed by atoms with Crippen LogP contribution in [0.4, 0.5) is 4.39 Å². The third-order valence-electron chi connectivity index (χ3n) is 6.24. The zero-order valence-electron chi connectivity index (χ0n) is 16.4. The fourth-order valence-electron chi connectivity index (χ4n) is 4.90. The molecule has 2 aliphatic heterocycles. The van der Waals surface area contributed by atoms with Crippen molar-refractivity contribution >= 4 is 21.8 Å². The van der Waals surface area contributed by atoms with E-state index in [2.05, 4.69) is 21.0 Å². The summed E-state index contributed by atoms with van der Waals surface area (Å²) in [6.45, 7) is 0.550. The summed E-state index contributed by atoms with van der Waals surface area (Å²) in [5.74, 6) is -1.61. The van der Waals surface area contributed by atoms with Crippen LogP contribution in [0.25, 0.3) is 0 Å². The number of aromatic hydroxyl groups is 1. The van der Waals surface area contributed by atoms with E-state index in [4.69, 9.17) is 0 Å². The molecule has 3 aromatic rings. The molecule has 1 amide bonds. The molecule has 2 aromatic carbocycles. The highest BCUT2D eigenvalue weighted by Gasteiger charge is 2.48. The highest BCUT2D eigenvalue weighted by atomic mass is 79.9. The monoisotopic (exact) mass is 483 g/mol. The smallest absolute Gasteiger partial charge is 0.276 e. The standard InChI is InChI=1S/C23H19BrFN3O3/c24-16-5-2-1-4-15(16)19(13-7-9-14(25)10-8-13)20-17-6-3-11-27(17)23(31)21-22(30)18(29)12-26-28(20)21/h1-2,4-5,7-10,12,17,19-20,30H,3,6,11H2/t17-,19-,20-/m1/s1. The van der Waals surface area contributed by atoms with Crippen molar-refractivity contribution in [2.45, 2.75) is 30.8 Å². The van der Waals surface area contributed by atoms with Gasteiger partial charge in [0, 0.05) is 16.9 Å². The number of carbonyl (C=O) groups excluding carboxylic acids is 1. The molecule has 2 aliphatic rings. The van der Waals surface area contributed by atoms with E-state index in [1.54, 1.807) is 17.0 Å². The maximum Gasteiger partial charge on any atom is 0.276 e. The van der Waals surface area contributed by atoms with Gasteiger partial charge >= 0.3 is 0 Å². The van der Waals surface area contributed by atoms with Crippen molar-refractivity contribution in [3.8, 4) is 5.75 Å². The Morgan fingerprint density at radius 1 is 1.13 bits per heavy atom. The van der Waals surface area contributed by atoms with E-state index < -0.39 is 11.2 Å². The largest absolute Gasteiger partial charge is 0.502 e. The van der Waals surface area contributed by atoms with Gasteiger partial charge in [-0.3, -0.25) is 14.3 Å². The van der Waals surface area contributed by atoms with Crippen LogP contribution in [0.2, 0.25) is 0 Å². The highest BCUT2D eigenvalue weighted by Crippen LogP contribution is 2.47. The van der Waals surface area contributed by atoms with Gasteiger partial charge in [0.15, 0.2) is 11.4 Å². The third-order valence-corrected chi connectivity index (χ3v) is 6.96. The average Bonchev–Trinajstić information content (AvgIpc) is 3.25. The van der Waals surface area contributed by atoms with Crippen LogP contribution < -0.4 is 5.43 Å². The third kappa shape index (κ3) is 3.17. The first-order chi connectivity index (χ1) is 15.0.